The first kappa shape index (κ1) is 17.4. The molecule has 0 aliphatic heterocycles. The van der Waals surface area contributed by atoms with Crippen LogP contribution in [0.25, 0.3) is 0 Å². The topological polar surface area (TPSA) is 121 Å². The molecule has 0 spiro atoms. The summed E-state index contributed by atoms with van der Waals surface area (Å²) in [7, 11) is 0. The number of amides is 1. The van der Waals surface area contributed by atoms with E-state index in [2.05, 4.69) is 5.32 Å². The Morgan fingerprint density at radius 1 is 1.21 bits per heavy atom. The van der Waals surface area contributed by atoms with Gasteiger partial charge in [0.25, 0.3) is 0 Å². The number of hydrogen-bond acceptors (Lipinski definition) is 5. The van der Waals surface area contributed by atoms with Crippen molar-refractivity contribution in [1.82, 2.24) is 5.32 Å². The quantitative estimate of drug-likeness (QED) is 0.589. The van der Waals surface area contributed by atoms with Crippen LogP contribution < -0.4 is 5.32 Å². The predicted molar refractivity (Wildman–Crippen MR) is 68.7 cm³/mol. The molecule has 0 fully saturated rings. The van der Waals surface area contributed by atoms with E-state index in [-0.39, 0.29) is 23.7 Å². The highest BCUT2D eigenvalue weighted by Gasteiger charge is 2.23. The van der Waals surface area contributed by atoms with Crippen molar-refractivity contribution in [2.75, 3.05) is 5.75 Å². The van der Waals surface area contributed by atoms with Crippen molar-refractivity contribution in [2.45, 2.75) is 32.7 Å². The number of carbonyl (C=O) groups is 4. The van der Waals surface area contributed by atoms with Crippen LogP contribution in [0.2, 0.25) is 0 Å². The fraction of sp³-hybridized carbons (Fsp3) is 0.636. The molecule has 0 radical (unpaired) electrons. The molecule has 2 atom stereocenters. The fourth-order valence-corrected chi connectivity index (χ4v) is 1.79. The Morgan fingerprint density at radius 2 is 1.79 bits per heavy atom. The second kappa shape index (κ2) is 8.52. The van der Waals surface area contributed by atoms with Crippen LogP contribution in [0.15, 0.2) is 0 Å². The molecule has 0 aliphatic rings. The molecule has 0 aromatic carbocycles. The minimum atomic E-state index is -1.28. The molecule has 1 amide bonds. The molecule has 0 aromatic heterocycles. The third-order valence-electron chi connectivity index (χ3n) is 2.25. The van der Waals surface area contributed by atoms with Gasteiger partial charge in [0, 0.05) is 25.0 Å². The van der Waals surface area contributed by atoms with Crippen LogP contribution in [0.1, 0.15) is 26.7 Å². The van der Waals surface area contributed by atoms with Crippen molar-refractivity contribution < 1.29 is 29.4 Å². The average molecular weight is 291 g/mol. The van der Waals surface area contributed by atoms with Crippen LogP contribution in [0.5, 0.6) is 0 Å². The van der Waals surface area contributed by atoms with E-state index in [1.54, 1.807) is 6.92 Å². The van der Waals surface area contributed by atoms with Gasteiger partial charge in [-0.2, -0.15) is 0 Å². The number of carboxylic acids is 2. The molecule has 0 bridgehead atoms. The summed E-state index contributed by atoms with van der Waals surface area (Å²) in [5.74, 6) is -3.18. The van der Waals surface area contributed by atoms with E-state index >= 15 is 0 Å². The summed E-state index contributed by atoms with van der Waals surface area (Å²) < 4.78 is 0. The van der Waals surface area contributed by atoms with E-state index in [0.717, 1.165) is 11.8 Å². The highest BCUT2D eigenvalue weighted by atomic mass is 32.2. The van der Waals surface area contributed by atoms with E-state index in [0.29, 0.717) is 0 Å². The normalized spacial score (nSPS) is 13.4. The molecule has 1 unspecified atom stereocenters. The van der Waals surface area contributed by atoms with Gasteiger partial charge in [-0.3, -0.25) is 14.4 Å². The smallest absolute Gasteiger partial charge is 0.326 e. The third-order valence-corrected chi connectivity index (χ3v) is 3.32. The van der Waals surface area contributed by atoms with Gasteiger partial charge in [-0.05, 0) is 6.42 Å². The maximum Gasteiger partial charge on any atom is 0.326 e. The van der Waals surface area contributed by atoms with E-state index < -0.39 is 29.8 Å². The molecular weight excluding hydrogens is 274 g/mol. The third kappa shape index (κ3) is 8.20. The van der Waals surface area contributed by atoms with Gasteiger partial charge in [0.15, 0.2) is 5.12 Å². The summed E-state index contributed by atoms with van der Waals surface area (Å²) in [5, 5.41) is 19.5. The van der Waals surface area contributed by atoms with E-state index in [9.17, 15) is 19.2 Å². The second-order valence-corrected chi connectivity index (χ2v) is 5.23. The lowest BCUT2D eigenvalue weighted by Crippen LogP contribution is -2.43. The highest BCUT2D eigenvalue weighted by molar-refractivity contribution is 8.13. The number of rotatable bonds is 8. The number of carbonyl (C=O) groups excluding carboxylic acids is 2. The second-order valence-electron chi connectivity index (χ2n) is 4.04. The summed E-state index contributed by atoms with van der Waals surface area (Å²) in [6.07, 6.45) is -0.517. The Labute approximate surface area is 114 Å². The van der Waals surface area contributed by atoms with Crippen molar-refractivity contribution in [1.29, 1.82) is 0 Å². The van der Waals surface area contributed by atoms with Crippen molar-refractivity contribution >= 4 is 34.7 Å². The van der Waals surface area contributed by atoms with Crippen LogP contribution in [0, 0.1) is 5.92 Å². The molecule has 0 saturated carbocycles. The lowest BCUT2D eigenvalue weighted by molar-refractivity contribution is -0.143. The molecule has 0 heterocycles. The van der Waals surface area contributed by atoms with Crippen molar-refractivity contribution in [3.63, 3.8) is 0 Å². The largest absolute Gasteiger partial charge is 0.481 e. The zero-order valence-corrected chi connectivity index (χ0v) is 11.5. The Balaban J connectivity index is 4.33. The van der Waals surface area contributed by atoms with Gasteiger partial charge < -0.3 is 15.5 Å². The van der Waals surface area contributed by atoms with Crippen LogP contribution >= 0.6 is 11.8 Å². The van der Waals surface area contributed by atoms with Gasteiger partial charge >= 0.3 is 11.9 Å². The Bertz CT molecular complexity index is 370. The van der Waals surface area contributed by atoms with Gasteiger partial charge in [-0.1, -0.05) is 18.7 Å². The molecule has 8 heteroatoms. The molecule has 7 nitrogen and oxygen atoms in total. The summed E-state index contributed by atoms with van der Waals surface area (Å²) >= 11 is 0.980. The Kier molecular flexibility index (Phi) is 7.81. The first-order chi connectivity index (χ1) is 8.73. The van der Waals surface area contributed by atoms with E-state index in [1.807, 2.05) is 0 Å². The molecule has 19 heavy (non-hydrogen) atoms. The van der Waals surface area contributed by atoms with Gasteiger partial charge in [-0.15, -0.1) is 0 Å². The lowest BCUT2D eigenvalue weighted by Gasteiger charge is -2.16. The van der Waals surface area contributed by atoms with Crippen LogP contribution in [-0.4, -0.2) is 45.0 Å². The molecule has 0 rings (SSSR count). The van der Waals surface area contributed by atoms with Gasteiger partial charge in [0.05, 0.1) is 0 Å². The SMILES string of the molecule is CC(=O)SCC(C)C(=O)N[C@@H](CCC(=O)O)C(=O)O. The summed E-state index contributed by atoms with van der Waals surface area (Å²) in [4.78, 5) is 43.7. The van der Waals surface area contributed by atoms with E-state index in [1.165, 1.54) is 6.92 Å². The highest BCUT2D eigenvalue weighted by Crippen LogP contribution is 2.10. The molecule has 0 aromatic rings. The summed E-state index contributed by atoms with van der Waals surface area (Å²) in [6.45, 7) is 2.95. The van der Waals surface area contributed by atoms with Crippen molar-refractivity contribution in [3.8, 4) is 0 Å². The van der Waals surface area contributed by atoms with Crippen molar-refractivity contribution in [2.24, 2.45) is 5.92 Å². The maximum absolute atomic E-state index is 11.7. The standard InChI is InChI=1S/C11H17NO6S/c1-6(5-19-7(2)13)10(16)12-8(11(17)18)3-4-9(14)15/h6,8H,3-5H2,1-2H3,(H,12,16)(H,14,15)(H,17,18)/t6?,8-/m0/s1. The van der Waals surface area contributed by atoms with Crippen LogP contribution in [0.4, 0.5) is 0 Å². The fourth-order valence-electron chi connectivity index (χ4n) is 1.16. The number of thioether (sulfide) groups is 1. The predicted octanol–water partition coefficient (Wildman–Crippen LogP) is 0.336. The number of carboxylic acid groups (broad SMARTS) is 2. The number of nitrogens with one attached hydrogen (secondary N) is 1. The number of aliphatic carboxylic acids is 2. The van der Waals surface area contributed by atoms with E-state index in [4.69, 9.17) is 10.2 Å². The molecule has 108 valence electrons. The van der Waals surface area contributed by atoms with Crippen molar-refractivity contribution in [3.05, 3.63) is 0 Å². The monoisotopic (exact) mass is 291 g/mol. The molecular formula is C11H17NO6S. The maximum atomic E-state index is 11.7. The van der Waals surface area contributed by atoms with Crippen LogP contribution in [-0.2, 0) is 19.2 Å². The van der Waals surface area contributed by atoms with Gasteiger partial charge in [0.2, 0.25) is 5.91 Å². The van der Waals surface area contributed by atoms with Gasteiger partial charge in [0.1, 0.15) is 6.04 Å². The molecule has 0 saturated heterocycles. The first-order valence-corrected chi connectivity index (χ1v) is 6.61. The van der Waals surface area contributed by atoms with Crippen LogP contribution in [0.3, 0.4) is 0 Å². The minimum Gasteiger partial charge on any atom is -0.481 e. The average Bonchev–Trinajstić information content (AvgIpc) is 2.30. The zero-order chi connectivity index (χ0) is 15.0. The summed E-state index contributed by atoms with van der Waals surface area (Å²) in [6, 6.07) is -1.23. The molecule has 0 aliphatic carbocycles. The Hall–Kier alpha value is -1.57. The number of hydrogen-bond donors (Lipinski definition) is 3. The first-order valence-electron chi connectivity index (χ1n) is 5.62. The Morgan fingerprint density at radius 3 is 2.21 bits per heavy atom. The minimum absolute atomic E-state index is 0.125. The van der Waals surface area contributed by atoms with Gasteiger partial charge in [-0.25, -0.2) is 4.79 Å². The zero-order valence-electron chi connectivity index (χ0n) is 10.7. The molecule has 3 N–H and O–H groups in total. The lowest BCUT2D eigenvalue weighted by atomic mass is 10.1. The summed E-state index contributed by atoms with van der Waals surface area (Å²) in [5.41, 5.74) is 0.